The third-order valence-electron chi connectivity index (χ3n) is 3.36. The van der Waals surface area contributed by atoms with Gasteiger partial charge >= 0.3 is 6.18 Å². The van der Waals surface area contributed by atoms with Crippen LogP contribution in [0.4, 0.5) is 24.7 Å². The lowest BCUT2D eigenvalue weighted by atomic mass is 10.1. The molecule has 0 aliphatic heterocycles. The molecule has 0 radical (unpaired) electrons. The number of para-hydroxylation sites is 1. The van der Waals surface area contributed by atoms with Crippen molar-refractivity contribution in [2.75, 3.05) is 5.32 Å². The van der Waals surface area contributed by atoms with Crippen molar-refractivity contribution in [3.8, 4) is 11.4 Å². The van der Waals surface area contributed by atoms with Crippen molar-refractivity contribution in [1.82, 2.24) is 9.97 Å². The zero-order valence-electron chi connectivity index (χ0n) is 12.8. The second-order valence-electron chi connectivity index (χ2n) is 5.20. The van der Waals surface area contributed by atoms with E-state index in [2.05, 4.69) is 15.3 Å². The van der Waals surface area contributed by atoms with Crippen LogP contribution in [0.5, 0.6) is 0 Å². The lowest BCUT2D eigenvalue weighted by Gasteiger charge is -2.12. The van der Waals surface area contributed by atoms with Crippen molar-refractivity contribution in [2.45, 2.75) is 6.18 Å². The van der Waals surface area contributed by atoms with E-state index >= 15 is 0 Å². The maximum atomic E-state index is 12.9. The van der Waals surface area contributed by atoms with Gasteiger partial charge in [-0.25, -0.2) is 9.97 Å². The zero-order valence-corrected chi connectivity index (χ0v) is 15.0. The van der Waals surface area contributed by atoms with Gasteiger partial charge < -0.3 is 5.32 Å². The molecule has 0 aliphatic rings. The van der Waals surface area contributed by atoms with E-state index in [1.165, 1.54) is 18.2 Å². The fraction of sp³-hybridized carbons (Fsp3) is 0.0588. The average Bonchev–Trinajstić information content (AvgIpc) is 2.57. The molecule has 9 heteroatoms. The number of hydrogen-bond donors (Lipinski definition) is 1. The number of hydrogen-bond acceptors (Lipinski definition) is 3. The molecule has 2 aromatic carbocycles. The summed E-state index contributed by atoms with van der Waals surface area (Å²) in [5, 5.41) is 3.68. The number of aromatic nitrogens is 2. The molecule has 1 aromatic heterocycles. The molecule has 0 atom stereocenters. The quantitative estimate of drug-likeness (QED) is 0.472. The van der Waals surface area contributed by atoms with Gasteiger partial charge in [0.2, 0.25) is 0 Å². The van der Waals surface area contributed by atoms with E-state index in [4.69, 9.17) is 34.8 Å². The summed E-state index contributed by atoms with van der Waals surface area (Å²) in [6.45, 7) is 0. The molecular weight excluding hydrogens is 410 g/mol. The first-order valence-electron chi connectivity index (χ1n) is 7.17. The van der Waals surface area contributed by atoms with E-state index in [-0.39, 0.29) is 22.4 Å². The van der Waals surface area contributed by atoms with Gasteiger partial charge in [0.25, 0.3) is 0 Å². The highest BCUT2D eigenvalue weighted by molar-refractivity contribution is 6.39. The molecule has 3 aromatic rings. The van der Waals surface area contributed by atoms with Crippen molar-refractivity contribution in [3.05, 3.63) is 69.3 Å². The highest BCUT2D eigenvalue weighted by Crippen LogP contribution is 2.34. The molecule has 0 saturated heterocycles. The van der Waals surface area contributed by atoms with Crippen LogP contribution < -0.4 is 5.32 Å². The summed E-state index contributed by atoms with van der Waals surface area (Å²) in [5.41, 5.74) is -0.224. The predicted octanol–water partition coefficient (Wildman–Crippen LogP) is 6.87. The Morgan fingerprint density at radius 3 is 2.15 bits per heavy atom. The van der Waals surface area contributed by atoms with E-state index in [0.717, 1.165) is 12.1 Å². The third kappa shape index (κ3) is 4.20. The Bertz CT molecular complexity index is 941. The maximum absolute atomic E-state index is 12.9. The van der Waals surface area contributed by atoms with Crippen LogP contribution in [0.1, 0.15) is 5.56 Å². The minimum absolute atomic E-state index is 0.0364. The number of anilines is 2. The van der Waals surface area contributed by atoms with Crippen LogP contribution >= 0.6 is 34.8 Å². The normalized spacial score (nSPS) is 11.5. The number of nitrogens with zero attached hydrogens (tertiary/aromatic N) is 2. The number of nitrogens with one attached hydrogen (secondary N) is 1. The molecule has 0 saturated carbocycles. The average molecular weight is 419 g/mol. The Hall–Kier alpha value is -2.02. The number of rotatable bonds is 3. The van der Waals surface area contributed by atoms with Gasteiger partial charge in [-0.3, -0.25) is 0 Å². The van der Waals surface area contributed by atoms with Crippen molar-refractivity contribution >= 4 is 46.3 Å². The van der Waals surface area contributed by atoms with E-state index in [1.54, 1.807) is 18.2 Å². The summed E-state index contributed by atoms with van der Waals surface area (Å²) in [7, 11) is 0. The fourth-order valence-corrected chi connectivity index (χ4v) is 2.87. The van der Waals surface area contributed by atoms with Crippen LogP contribution in [0, 0.1) is 0 Å². The van der Waals surface area contributed by atoms with Crippen LogP contribution in [0.25, 0.3) is 11.4 Å². The Kier molecular flexibility index (Phi) is 5.27. The van der Waals surface area contributed by atoms with E-state index in [9.17, 15) is 13.2 Å². The van der Waals surface area contributed by atoms with Crippen LogP contribution in [-0.4, -0.2) is 9.97 Å². The van der Waals surface area contributed by atoms with Gasteiger partial charge in [0, 0.05) is 11.6 Å². The number of alkyl halides is 3. The lowest BCUT2D eigenvalue weighted by molar-refractivity contribution is -0.137. The molecule has 134 valence electrons. The number of benzene rings is 2. The second kappa shape index (κ2) is 7.31. The lowest BCUT2D eigenvalue weighted by Crippen LogP contribution is -2.05. The standard InChI is InChI=1S/C17H9Cl3F3N3/c18-11-5-2-6-12(19)15(11)25-14-8-13(20)24-16(26-14)9-3-1-4-10(7-9)17(21,22)23/h1-8H,(H,24,25,26). The topological polar surface area (TPSA) is 37.8 Å². The summed E-state index contributed by atoms with van der Waals surface area (Å²) in [4.78, 5) is 8.21. The van der Waals surface area contributed by atoms with Gasteiger partial charge in [-0.2, -0.15) is 13.2 Å². The molecule has 0 fully saturated rings. The molecule has 0 bridgehead atoms. The molecule has 1 N–H and O–H groups in total. The molecule has 0 aliphatic carbocycles. The van der Waals surface area contributed by atoms with Crippen molar-refractivity contribution in [3.63, 3.8) is 0 Å². The summed E-state index contributed by atoms with van der Waals surface area (Å²) >= 11 is 18.2. The third-order valence-corrected chi connectivity index (χ3v) is 4.18. The first-order valence-corrected chi connectivity index (χ1v) is 8.30. The van der Waals surface area contributed by atoms with Crippen molar-refractivity contribution in [1.29, 1.82) is 0 Å². The highest BCUT2D eigenvalue weighted by Gasteiger charge is 2.30. The molecule has 1 heterocycles. The molecule has 3 nitrogen and oxygen atoms in total. The van der Waals surface area contributed by atoms with Gasteiger partial charge in [-0.05, 0) is 24.3 Å². The van der Waals surface area contributed by atoms with Crippen LogP contribution in [0.15, 0.2) is 48.5 Å². The van der Waals surface area contributed by atoms with E-state index in [0.29, 0.717) is 15.7 Å². The zero-order chi connectivity index (χ0) is 18.9. The Balaban J connectivity index is 2.01. The van der Waals surface area contributed by atoms with Crippen molar-refractivity contribution < 1.29 is 13.2 Å². The molecule has 3 rings (SSSR count). The Morgan fingerprint density at radius 1 is 0.846 bits per heavy atom. The summed E-state index contributed by atoms with van der Waals surface area (Å²) in [5.74, 6) is 0.279. The monoisotopic (exact) mass is 417 g/mol. The van der Waals surface area contributed by atoms with Gasteiger partial charge in [-0.1, -0.05) is 53.0 Å². The molecule has 0 unspecified atom stereocenters. The SMILES string of the molecule is FC(F)(F)c1cccc(-c2nc(Cl)cc(Nc3c(Cl)cccc3Cl)n2)c1. The minimum atomic E-state index is -4.47. The van der Waals surface area contributed by atoms with Crippen LogP contribution in [0.2, 0.25) is 15.2 Å². The Morgan fingerprint density at radius 2 is 1.50 bits per heavy atom. The van der Waals surface area contributed by atoms with Gasteiger partial charge in [0.05, 0.1) is 21.3 Å². The fourth-order valence-electron chi connectivity index (χ4n) is 2.19. The maximum Gasteiger partial charge on any atom is 0.416 e. The van der Waals surface area contributed by atoms with Crippen LogP contribution in [-0.2, 0) is 6.18 Å². The van der Waals surface area contributed by atoms with E-state index < -0.39 is 11.7 Å². The van der Waals surface area contributed by atoms with Crippen molar-refractivity contribution in [2.24, 2.45) is 0 Å². The Labute approximate surface area is 161 Å². The van der Waals surface area contributed by atoms with E-state index in [1.807, 2.05) is 0 Å². The highest BCUT2D eigenvalue weighted by atomic mass is 35.5. The second-order valence-corrected chi connectivity index (χ2v) is 6.40. The molecule has 26 heavy (non-hydrogen) atoms. The summed E-state index contributed by atoms with van der Waals surface area (Å²) in [6.07, 6.45) is -4.47. The van der Waals surface area contributed by atoms with Crippen LogP contribution in [0.3, 0.4) is 0 Å². The smallest absolute Gasteiger partial charge is 0.338 e. The first kappa shape index (κ1) is 18.8. The van der Waals surface area contributed by atoms with Gasteiger partial charge in [-0.15, -0.1) is 0 Å². The summed E-state index contributed by atoms with van der Waals surface area (Å²) in [6, 6.07) is 11.0. The number of halogens is 6. The predicted molar refractivity (Wildman–Crippen MR) is 97.2 cm³/mol. The molecular formula is C17H9Cl3F3N3. The molecule has 0 spiro atoms. The largest absolute Gasteiger partial charge is 0.416 e. The molecule has 0 amide bonds. The van der Waals surface area contributed by atoms with Gasteiger partial charge in [0.1, 0.15) is 11.0 Å². The first-order chi connectivity index (χ1) is 12.2. The van der Waals surface area contributed by atoms with Gasteiger partial charge in [0.15, 0.2) is 5.82 Å². The minimum Gasteiger partial charge on any atom is -0.338 e. The summed E-state index contributed by atoms with van der Waals surface area (Å²) < 4.78 is 38.7.